The maximum absolute atomic E-state index is 9.69. The van der Waals surface area contributed by atoms with Crippen LogP contribution in [-0.4, -0.2) is 63.4 Å². The Labute approximate surface area is 117 Å². The highest BCUT2D eigenvalue weighted by Gasteiger charge is 2.07. The molecule has 0 saturated heterocycles. The second kappa shape index (κ2) is 12.8. The van der Waals surface area contributed by atoms with E-state index in [2.05, 4.69) is 5.32 Å². The van der Waals surface area contributed by atoms with Gasteiger partial charge in [0.1, 0.15) is 0 Å². The minimum atomic E-state index is -0.466. The molecule has 0 fully saturated rings. The number of hydrogen-bond donors (Lipinski definition) is 2. The number of aliphatic hydroxyl groups is 1. The van der Waals surface area contributed by atoms with Crippen LogP contribution in [0.4, 0.5) is 0 Å². The first kappa shape index (κ1) is 18.8. The summed E-state index contributed by atoms with van der Waals surface area (Å²) in [4.78, 5) is 0. The van der Waals surface area contributed by atoms with E-state index in [-0.39, 0.29) is 6.10 Å². The molecule has 19 heavy (non-hydrogen) atoms. The second-order valence-electron chi connectivity index (χ2n) is 5.08. The van der Waals surface area contributed by atoms with Gasteiger partial charge in [0.05, 0.1) is 31.5 Å². The molecule has 0 bridgehead atoms. The van der Waals surface area contributed by atoms with E-state index in [4.69, 9.17) is 14.2 Å². The molecule has 0 heterocycles. The van der Waals surface area contributed by atoms with E-state index < -0.39 is 6.10 Å². The van der Waals surface area contributed by atoms with Crippen molar-refractivity contribution in [2.75, 3.05) is 40.0 Å². The van der Waals surface area contributed by atoms with Gasteiger partial charge in [0.15, 0.2) is 0 Å². The molecule has 0 aromatic carbocycles. The third-order valence-corrected chi connectivity index (χ3v) is 2.55. The number of methoxy groups -OCH3 is 1. The third kappa shape index (κ3) is 14.0. The van der Waals surface area contributed by atoms with Crippen LogP contribution in [0.5, 0.6) is 0 Å². The zero-order valence-electron chi connectivity index (χ0n) is 12.9. The van der Waals surface area contributed by atoms with Gasteiger partial charge in [-0.2, -0.15) is 0 Å². The van der Waals surface area contributed by atoms with Gasteiger partial charge in [-0.1, -0.05) is 0 Å². The molecule has 116 valence electrons. The summed E-state index contributed by atoms with van der Waals surface area (Å²) in [5.41, 5.74) is 0. The number of unbranched alkanes of at least 4 members (excludes halogenated alkanes) is 1. The van der Waals surface area contributed by atoms with Crippen LogP contribution in [-0.2, 0) is 14.2 Å². The molecule has 2 unspecified atom stereocenters. The summed E-state index contributed by atoms with van der Waals surface area (Å²) in [5, 5.41) is 12.9. The Morgan fingerprint density at radius 2 is 1.79 bits per heavy atom. The van der Waals surface area contributed by atoms with Crippen molar-refractivity contribution >= 4 is 0 Å². The first-order valence-corrected chi connectivity index (χ1v) is 7.17. The summed E-state index contributed by atoms with van der Waals surface area (Å²) in [6, 6.07) is 0. The lowest BCUT2D eigenvalue weighted by Gasteiger charge is -2.16. The molecule has 2 atom stereocenters. The molecule has 0 amide bonds. The minimum Gasteiger partial charge on any atom is -0.389 e. The van der Waals surface area contributed by atoms with Crippen LogP contribution in [0, 0.1) is 0 Å². The Kier molecular flexibility index (Phi) is 12.7. The molecule has 0 rings (SSSR count). The fourth-order valence-electron chi connectivity index (χ4n) is 1.56. The molecule has 0 aliphatic rings. The molecule has 0 saturated carbocycles. The van der Waals surface area contributed by atoms with Crippen molar-refractivity contribution in [2.45, 2.75) is 51.9 Å². The molecule has 0 spiro atoms. The third-order valence-electron chi connectivity index (χ3n) is 2.55. The van der Waals surface area contributed by atoms with Gasteiger partial charge in [0, 0.05) is 20.3 Å². The lowest BCUT2D eigenvalue weighted by molar-refractivity contribution is -0.0310. The first-order valence-electron chi connectivity index (χ1n) is 7.17. The number of nitrogens with one attached hydrogen (secondary N) is 1. The van der Waals surface area contributed by atoms with Crippen LogP contribution in [0.25, 0.3) is 0 Å². The van der Waals surface area contributed by atoms with Gasteiger partial charge < -0.3 is 24.6 Å². The molecule has 0 aliphatic heterocycles. The predicted octanol–water partition coefficient (Wildman–Crippen LogP) is 1.19. The summed E-state index contributed by atoms with van der Waals surface area (Å²) >= 11 is 0. The van der Waals surface area contributed by atoms with Crippen molar-refractivity contribution in [1.29, 1.82) is 0 Å². The monoisotopic (exact) mass is 277 g/mol. The van der Waals surface area contributed by atoms with Gasteiger partial charge in [-0.15, -0.1) is 0 Å². The van der Waals surface area contributed by atoms with Gasteiger partial charge in [-0.25, -0.2) is 0 Å². The van der Waals surface area contributed by atoms with Crippen molar-refractivity contribution in [2.24, 2.45) is 0 Å². The molecule has 5 nitrogen and oxygen atoms in total. The van der Waals surface area contributed by atoms with Crippen LogP contribution in [0.15, 0.2) is 0 Å². The van der Waals surface area contributed by atoms with E-state index in [1.165, 1.54) is 0 Å². The van der Waals surface area contributed by atoms with E-state index >= 15 is 0 Å². The van der Waals surface area contributed by atoms with E-state index in [1.54, 1.807) is 7.11 Å². The highest BCUT2D eigenvalue weighted by molar-refractivity contribution is 4.60. The van der Waals surface area contributed by atoms with Gasteiger partial charge in [-0.05, 0) is 40.2 Å². The summed E-state index contributed by atoms with van der Waals surface area (Å²) in [6.07, 6.45) is 1.96. The fraction of sp³-hybridized carbons (Fsp3) is 1.00. The largest absolute Gasteiger partial charge is 0.389 e. The quantitative estimate of drug-likeness (QED) is 0.495. The van der Waals surface area contributed by atoms with E-state index in [0.717, 1.165) is 26.0 Å². The molecule has 0 aromatic rings. The molecule has 2 N–H and O–H groups in total. The minimum absolute atomic E-state index is 0.0211. The van der Waals surface area contributed by atoms with Crippen molar-refractivity contribution in [3.05, 3.63) is 0 Å². The average Bonchev–Trinajstić information content (AvgIpc) is 2.35. The molecule has 0 aliphatic carbocycles. The Bertz CT molecular complexity index is 190. The highest BCUT2D eigenvalue weighted by atomic mass is 16.5. The first-order chi connectivity index (χ1) is 9.06. The van der Waals surface area contributed by atoms with Crippen molar-refractivity contribution in [3.63, 3.8) is 0 Å². The number of rotatable bonds is 13. The van der Waals surface area contributed by atoms with Crippen LogP contribution in [0.1, 0.15) is 33.6 Å². The van der Waals surface area contributed by atoms with Crippen LogP contribution in [0.3, 0.4) is 0 Å². The molecule has 0 aromatic heterocycles. The SMILES string of the molecule is COCC(C)OCC(O)CNCCCCOC(C)C. The summed E-state index contributed by atoms with van der Waals surface area (Å²) in [6.45, 7) is 9.16. The standard InChI is InChI=1S/C14H31NO4/c1-12(2)18-8-6-5-7-15-9-14(16)11-19-13(3)10-17-4/h12-16H,5-11H2,1-4H3. The summed E-state index contributed by atoms with van der Waals surface area (Å²) in [7, 11) is 1.64. The van der Waals surface area contributed by atoms with Crippen LogP contribution in [0.2, 0.25) is 0 Å². The van der Waals surface area contributed by atoms with Gasteiger partial charge in [0.2, 0.25) is 0 Å². The Hall–Kier alpha value is -0.200. The molecular weight excluding hydrogens is 246 g/mol. The van der Waals surface area contributed by atoms with Crippen LogP contribution < -0.4 is 5.32 Å². The lowest BCUT2D eigenvalue weighted by Crippen LogP contribution is -2.32. The fourth-order valence-corrected chi connectivity index (χ4v) is 1.56. The zero-order chi connectivity index (χ0) is 14.5. The lowest BCUT2D eigenvalue weighted by atomic mass is 10.3. The predicted molar refractivity (Wildman–Crippen MR) is 76.5 cm³/mol. The molecule has 5 heteroatoms. The zero-order valence-corrected chi connectivity index (χ0v) is 12.9. The Balaban J connectivity index is 3.26. The van der Waals surface area contributed by atoms with Gasteiger partial charge >= 0.3 is 0 Å². The van der Waals surface area contributed by atoms with E-state index in [9.17, 15) is 5.11 Å². The number of ether oxygens (including phenoxy) is 3. The Morgan fingerprint density at radius 1 is 1.05 bits per heavy atom. The Morgan fingerprint density at radius 3 is 2.42 bits per heavy atom. The number of hydrogen-bond acceptors (Lipinski definition) is 5. The van der Waals surface area contributed by atoms with Crippen molar-refractivity contribution in [1.82, 2.24) is 5.32 Å². The summed E-state index contributed by atoms with van der Waals surface area (Å²) < 4.78 is 15.8. The van der Waals surface area contributed by atoms with E-state index in [1.807, 2.05) is 20.8 Å². The topological polar surface area (TPSA) is 60.0 Å². The molecule has 0 radical (unpaired) electrons. The number of aliphatic hydroxyl groups excluding tert-OH is 1. The average molecular weight is 277 g/mol. The highest BCUT2D eigenvalue weighted by Crippen LogP contribution is 1.95. The summed E-state index contributed by atoms with van der Waals surface area (Å²) in [5.74, 6) is 0. The van der Waals surface area contributed by atoms with Crippen molar-refractivity contribution < 1.29 is 19.3 Å². The normalized spacial score (nSPS) is 14.8. The van der Waals surface area contributed by atoms with Gasteiger partial charge in [-0.3, -0.25) is 0 Å². The maximum Gasteiger partial charge on any atom is 0.0897 e. The van der Waals surface area contributed by atoms with Gasteiger partial charge in [0.25, 0.3) is 0 Å². The van der Waals surface area contributed by atoms with E-state index in [0.29, 0.717) is 25.9 Å². The van der Waals surface area contributed by atoms with Crippen LogP contribution >= 0.6 is 0 Å². The molecular formula is C14H31NO4. The van der Waals surface area contributed by atoms with Crippen molar-refractivity contribution in [3.8, 4) is 0 Å². The second-order valence-corrected chi connectivity index (χ2v) is 5.08. The smallest absolute Gasteiger partial charge is 0.0897 e. The maximum atomic E-state index is 9.69.